The molecule has 0 saturated carbocycles. The van der Waals surface area contributed by atoms with Gasteiger partial charge in [-0.3, -0.25) is 9.78 Å². The van der Waals surface area contributed by atoms with Gasteiger partial charge >= 0.3 is 0 Å². The van der Waals surface area contributed by atoms with Gasteiger partial charge in [0.2, 0.25) is 0 Å². The number of carbonyl (C=O) groups excluding carboxylic acids is 1. The molecule has 5 nitrogen and oxygen atoms in total. The number of hydrogen-bond donors (Lipinski definition) is 2. The minimum Gasteiger partial charge on any atom is -0.506 e. The van der Waals surface area contributed by atoms with E-state index < -0.39 is 0 Å². The van der Waals surface area contributed by atoms with Gasteiger partial charge in [-0.05, 0) is 55.6 Å². The number of amides is 1. The van der Waals surface area contributed by atoms with Crippen molar-refractivity contribution in [1.82, 2.24) is 15.2 Å². The Kier molecular flexibility index (Phi) is 4.95. The van der Waals surface area contributed by atoms with Crippen LogP contribution in [0.3, 0.4) is 0 Å². The predicted octanol–water partition coefficient (Wildman–Crippen LogP) is 2.90. The summed E-state index contributed by atoms with van der Waals surface area (Å²) >= 11 is 0. The van der Waals surface area contributed by atoms with E-state index in [1.807, 2.05) is 49.3 Å². The molecule has 1 aromatic heterocycles. The molecule has 0 spiro atoms. The van der Waals surface area contributed by atoms with Gasteiger partial charge in [0.1, 0.15) is 11.3 Å². The minimum absolute atomic E-state index is 0.0843. The molecule has 1 heterocycles. The van der Waals surface area contributed by atoms with Crippen LogP contribution in [0, 0.1) is 0 Å². The largest absolute Gasteiger partial charge is 0.506 e. The number of hydrogen-bond acceptors (Lipinski definition) is 4. The van der Waals surface area contributed by atoms with Crippen molar-refractivity contribution in [3.8, 4) is 16.9 Å². The molecule has 5 heteroatoms. The first kappa shape index (κ1) is 16.9. The molecule has 0 radical (unpaired) electrons. The molecule has 0 saturated heterocycles. The topological polar surface area (TPSA) is 65.5 Å². The second-order valence-corrected chi connectivity index (χ2v) is 6.21. The van der Waals surface area contributed by atoms with Crippen molar-refractivity contribution in [1.29, 1.82) is 0 Å². The molecule has 3 rings (SSSR count). The highest BCUT2D eigenvalue weighted by Crippen LogP contribution is 2.30. The number of nitrogens with zero attached hydrogens (tertiary/aromatic N) is 2. The number of phenolic OH excluding ortho intramolecular Hbond substituents is 1. The summed E-state index contributed by atoms with van der Waals surface area (Å²) in [7, 11) is 3.94. The quantitative estimate of drug-likeness (QED) is 0.752. The highest BCUT2D eigenvalue weighted by atomic mass is 16.3. The average molecular weight is 335 g/mol. The Bertz CT molecular complexity index is 889. The highest BCUT2D eigenvalue weighted by molar-refractivity contribution is 5.95. The maximum Gasteiger partial charge on any atom is 0.251 e. The number of likely N-dealkylation sites (N-methyl/N-ethyl adjacent to an activating group) is 1. The lowest BCUT2D eigenvalue weighted by Crippen LogP contribution is -2.31. The van der Waals surface area contributed by atoms with Crippen LogP contribution in [0.15, 0.2) is 54.7 Å². The summed E-state index contributed by atoms with van der Waals surface area (Å²) < 4.78 is 0. The van der Waals surface area contributed by atoms with Gasteiger partial charge in [-0.1, -0.05) is 18.2 Å². The van der Waals surface area contributed by atoms with Crippen molar-refractivity contribution >= 4 is 16.8 Å². The van der Waals surface area contributed by atoms with Crippen molar-refractivity contribution < 1.29 is 9.90 Å². The van der Waals surface area contributed by atoms with E-state index in [2.05, 4.69) is 10.3 Å². The third-order valence-electron chi connectivity index (χ3n) is 4.01. The molecular weight excluding hydrogens is 314 g/mol. The summed E-state index contributed by atoms with van der Waals surface area (Å²) in [6.45, 7) is 1.41. The van der Waals surface area contributed by atoms with Crippen LogP contribution >= 0.6 is 0 Å². The standard InChI is InChI=1S/C20H21N3O2/c1-23(2)11-10-22-20(25)15-7-5-14(6-8-15)17-12-16-4-3-9-21-19(16)18(24)13-17/h3-9,12-13,24H,10-11H2,1-2H3,(H,22,25). The number of carbonyl (C=O) groups is 1. The van der Waals surface area contributed by atoms with Gasteiger partial charge in [0.25, 0.3) is 5.91 Å². The van der Waals surface area contributed by atoms with E-state index in [4.69, 9.17) is 0 Å². The van der Waals surface area contributed by atoms with Crippen LogP contribution in [0.25, 0.3) is 22.0 Å². The predicted molar refractivity (Wildman–Crippen MR) is 99.7 cm³/mol. The number of aromatic hydroxyl groups is 1. The Morgan fingerprint density at radius 2 is 1.88 bits per heavy atom. The summed E-state index contributed by atoms with van der Waals surface area (Å²) in [5.74, 6) is 0.0672. The highest BCUT2D eigenvalue weighted by Gasteiger charge is 2.08. The molecule has 2 N–H and O–H groups in total. The SMILES string of the molecule is CN(C)CCNC(=O)c1ccc(-c2cc(O)c3ncccc3c2)cc1. The number of benzene rings is 2. The van der Waals surface area contributed by atoms with Crippen LogP contribution in [0.1, 0.15) is 10.4 Å². The molecule has 128 valence electrons. The van der Waals surface area contributed by atoms with E-state index in [0.29, 0.717) is 17.6 Å². The fourth-order valence-corrected chi connectivity index (χ4v) is 2.65. The smallest absolute Gasteiger partial charge is 0.251 e. The van der Waals surface area contributed by atoms with Crippen LogP contribution in [-0.2, 0) is 0 Å². The van der Waals surface area contributed by atoms with E-state index in [1.54, 1.807) is 24.4 Å². The maximum atomic E-state index is 12.1. The van der Waals surface area contributed by atoms with Crippen LogP contribution in [0.2, 0.25) is 0 Å². The number of pyridine rings is 1. The minimum atomic E-state index is -0.0843. The molecule has 0 aliphatic heterocycles. The van der Waals surface area contributed by atoms with Gasteiger partial charge in [-0.2, -0.15) is 0 Å². The van der Waals surface area contributed by atoms with E-state index in [1.165, 1.54) is 0 Å². The summed E-state index contributed by atoms with van der Waals surface area (Å²) in [5.41, 5.74) is 3.03. The lowest BCUT2D eigenvalue weighted by Gasteiger charge is -2.11. The maximum absolute atomic E-state index is 12.1. The van der Waals surface area contributed by atoms with Crippen molar-refractivity contribution in [3.63, 3.8) is 0 Å². The molecule has 0 bridgehead atoms. The first-order valence-electron chi connectivity index (χ1n) is 8.16. The van der Waals surface area contributed by atoms with E-state index >= 15 is 0 Å². The summed E-state index contributed by atoms with van der Waals surface area (Å²) in [6.07, 6.45) is 1.66. The summed E-state index contributed by atoms with van der Waals surface area (Å²) in [4.78, 5) is 18.3. The lowest BCUT2D eigenvalue weighted by molar-refractivity contribution is 0.0951. The van der Waals surface area contributed by atoms with Crippen molar-refractivity contribution in [3.05, 3.63) is 60.3 Å². The third-order valence-corrected chi connectivity index (χ3v) is 4.01. The summed E-state index contributed by atoms with van der Waals surface area (Å²) in [5, 5.41) is 13.9. The third kappa shape index (κ3) is 3.95. The molecule has 0 aliphatic carbocycles. The fourth-order valence-electron chi connectivity index (χ4n) is 2.65. The van der Waals surface area contributed by atoms with E-state index in [-0.39, 0.29) is 11.7 Å². The normalized spacial score (nSPS) is 11.0. The van der Waals surface area contributed by atoms with Crippen molar-refractivity contribution in [2.45, 2.75) is 0 Å². The molecular formula is C20H21N3O2. The monoisotopic (exact) mass is 335 g/mol. The zero-order valence-electron chi connectivity index (χ0n) is 14.4. The Hall–Kier alpha value is -2.92. The van der Waals surface area contributed by atoms with Gasteiger partial charge in [-0.15, -0.1) is 0 Å². The van der Waals surface area contributed by atoms with Crippen LogP contribution in [0.5, 0.6) is 5.75 Å². The molecule has 1 amide bonds. The number of fused-ring (bicyclic) bond motifs is 1. The first-order valence-corrected chi connectivity index (χ1v) is 8.16. The fraction of sp³-hybridized carbons (Fsp3) is 0.200. The van der Waals surface area contributed by atoms with Crippen LogP contribution in [-0.4, -0.2) is 48.1 Å². The second kappa shape index (κ2) is 7.32. The molecule has 0 atom stereocenters. The lowest BCUT2D eigenvalue weighted by atomic mass is 10.0. The van der Waals surface area contributed by atoms with Gasteiger partial charge in [0.05, 0.1) is 0 Å². The van der Waals surface area contributed by atoms with Crippen LogP contribution in [0.4, 0.5) is 0 Å². The number of aromatic nitrogens is 1. The Morgan fingerprint density at radius 3 is 2.60 bits per heavy atom. The molecule has 25 heavy (non-hydrogen) atoms. The van der Waals surface area contributed by atoms with E-state index in [9.17, 15) is 9.90 Å². The number of phenols is 1. The molecule has 0 unspecified atom stereocenters. The Morgan fingerprint density at radius 1 is 1.12 bits per heavy atom. The molecule has 0 aliphatic rings. The number of rotatable bonds is 5. The first-order chi connectivity index (χ1) is 12.0. The van der Waals surface area contributed by atoms with Crippen LogP contribution < -0.4 is 5.32 Å². The average Bonchev–Trinajstić information content (AvgIpc) is 2.61. The molecule has 3 aromatic rings. The second-order valence-electron chi connectivity index (χ2n) is 6.21. The van der Waals surface area contributed by atoms with Gasteiger partial charge < -0.3 is 15.3 Å². The van der Waals surface area contributed by atoms with Crippen molar-refractivity contribution in [2.75, 3.05) is 27.2 Å². The Labute approximate surface area is 146 Å². The van der Waals surface area contributed by atoms with Gasteiger partial charge in [-0.25, -0.2) is 0 Å². The summed E-state index contributed by atoms with van der Waals surface area (Å²) in [6, 6.07) is 14.8. The Balaban J connectivity index is 1.79. The van der Waals surface area contributed by atoms with Gasteiger partial charge in [0.15, 0.2) is 0 Å². The zero-order valence-corrected chi connectivity index (χ0v) is 14.4. The molecule has 0 fully saturated rings. The zero-order chi connectivity index (χ0) is 17.8. The molecule has 2 aromatic carbocycles. The van der Waals surface area contributed by atoms with Crippen molar-refractivity contribution in [2.24, 2.45) is 0 Å². The van der Waals surface area contributed by atoms with E-state index in [0.717, 1.165) is 23.1 Å². The van der Waals surface area contributed by atoms with Gasteiger partial charge in [0, 0.05) is 30.2 Å². The number of nitrogens with one attached hydrogen (secondary N) is 1.